The van der Waals surface area contributed by atoms with Crippen LogP contribution in [0.5, 0.6) is 11.5 Å². The summed E-state index contributed by atoms with van der Waals surface area (Å²) in [6.07, 6.45) is 2.12. The first-order valence-electron chi connectivity index (χ1n) is 6.46. The van der Waals surface area contributed by atoms with Gasteiger partial charge in [-0.15, -0.1) is 0 Å². The minimum absolute atomic E-state index is 0.102. The summed E-state index contributed by atoms with van der Waals surface area (Å²) >= 11 is 0. The number of hydrogen-bond donors (Lipinski definition) is 1. The van der Waals surface area contributed by atoms with E-state index in [1.165, 1.54) is 0 Å². The predicted molar refractivity (Wildman–Crippen MR) is 71.1 cm³/mol. The van der Waals surface area contributed by atoms with Crippen LogP contribution < -0.4 is 15.2 Å². The van der Waals surface area contributed by atoms with Crippen molar-refractivity contribution in [3.8, 4) is 11.5 Å². The lowest BCUT2D eigenvalue weighted by Gasteiger charge is -2.24. The van der Waals surface area contributed by atoms with Gasteiger partial charge in [-0.2, -0.15) is 0 Å². The van der Waals surface area contributed by atoms with Gasteiger partial charge in [-0.05, 0) is 26.0 Å². The SMILES string of the molecule is CC(C)Oc1cccc(OC2CCOCC2)c1N. The summed E-state index contributed by atoms with van der Waals surface area (Å²) in [5.41, 5.74) is 6.65. The molecule has 0 saturated carbocycles. The van der Waals surface area contributed by atoms with Crippen LogP contribution in [-0.2, 0) is 4.74 Å². The Bertz CT molecular complexity index is 387. The van der Waals surface area contributed by atoms with Gasteiger partial charge in [0.25, 0.3) is 0 Å². The second-order valence-electron chi connectivity index (χ2n) is 4.76. The molecule has 0 atom stereocenters. The number of benzene rings is 1. The van der Waals surface area contributed by atoms with Gasteiger partial charge in [-0.25, -0.2) is 0 Å². The summed E-state index contributed by atoms with van der Waals surface area (Å²) in [7, 11) is 0. The number of para-hydroxylation sites is 1. The van der Waals surface area contributed by atoms with Crippen LogP contribution in [0.15, 0.2) is 18.2 Å². The Kier molecular flexibility index (Phi) is 4.31. The lowest BCUT2D eigenvalue weighted by atomic mass is 10.1. The second-order valence-corrected chi connectivity index (χ2v) is 4.76. The Morgan fingerprint density at radius 3 is 2.56 bits per heavy atom. The first-order chi connectivity index (χ1) is 8.66. The minimum atomic E-state index is 0.102. The molecule has 1 aliphatic rings. The molecule has 18 heavy (non-hydrogen) atoms. The van der Waals surface area contributed by atoms with E-state index in [0.717, 1.165) is 26.1 Å². The van der Waals surface area contributed by atoms with E-state index in [-0.39, 0.29) is 12.2 Å². The zero-order chi connectivity index (χ0) is 13.0. The second kappa shape index (κ2) is 5.96. The van der Waals surface area contributed by atoms with E-state index in [1.54, 1.807) is 0 Å². The largest absolute Gasteiger partial charge is 0.489 e. The van der Waals surface area contributed by atoms with Crippen molar-refractivity contribution in [2.75, 3.05) is 18.9 Å². The minimum Gasteiger partial charge on any atom is -0.489 e. The topological polar surface area (TPSA) is 53.7 Å². The van der Waals surface area contributed by atoms with Crippen LogP contribution in [0.3, 0.4) is 0 Å². The van der Waals surface area contributed by atoms with E-state index in [2.05, 4.69) is 0 Å². The molecule has 100 valence electrons. The van der Waals surface area contributed by atoms with Gasteiger partial charge >= 0.3 is 0 Å². The molecule has 4 heteroatoms. The Balaban J connectivity index is 2.07. The van der Waals surface area contributed by atoms with Crippen LogP contribution >= 0.6 is 0 Å². The fourth-order valence-electron chi connectivity index (χ4n) is 1.96. The van der Waals surface area contributed by atoms with Crippen LogP contribution in [0.1, 0.15) is 26.7 Å². The van der Waals surface area contributed by atoms with Crippen LogP contribution in [0.2, 0.25) is 0 Å². The molecule has 1 aliphatic heterocycles. The lowest BCUT2D eigenvalue weighted by Crippen LogP contribution is -2.26. The van der Waals surface area contributed by atoms with E-state index in [9.17, 15) is 0 Å². The Morgan fingerprint density at radius 2 is 1.89 bits per heavy atom. The molecule has 0 aromatic heterocycles. The van der Waals surface area contributed by atoms with Crippen LogP contribution in [0.4, 0.5) is 5.69 Å². The molecular formula is C14H21NO3. The molecule has 0 spiro atoms. The third-order valence-electron chi connectivity index (χ3n) is 2.85. The highest BCUT2D eigenvalue weighted by Gasteiger charge is 2.17. The van der Waals surface area contributed by atoms with E-state index < -0.39 is 0 Å². The van der Waals surface area contributed by atoms with E-state index in [1.807, 2.05) is 32.0 Å². The average molecular weight is 251 g/mol. The van der Waals surface area contributed by atoms with Gasteiger partial charge in [-0.1, -0.05) is 6.07 Å². The van der Waals surface area contributed by atoms with Crippen LogP contribution in [0.25, 0.3) is 0 Å². The quantitative estimate of drug-likeness (QED) is 0.836. The summed E-state index contributed by atoms with van der Waals surface area (Å²) in [5, 5.41) is 0. The maximum Gasteiger partial charge on any atom is 0.146 e. The molecule has 0 aliphatic carbocycles. The third-order valence-corrected chi connectivity index (χ3v) is 2.85. The van der Waals surface area contributed by atoms with Crippen molar-refractivity contribution in [1.82, 2.24) is 0 Å². The highest BCUT2D eigenvalue weighted by molar-refractivity contribution is 5.62. The molecule has 1 aromatic rings. The predicted octanol–water partition coefficient (Wildman–Crippen LogP) is 2.61. The standard InChI is InChI=1S/C14H21NO3/c1-10(2)17-12-4-3-5-13(14(12)15)18-11-6-8-16-9-7-11/h3-5,10-11H,6-9,15H2,1-2H3. The highest BCUT2D eigenvalue weighted by Crippen LogP contribution is 2.33. The Labute approximate surface area is 108 Å². The van der Waals surface area contributed by atoms with Gasteiger partial charge in [-0.3, -0.25) is 0 Å². The van der Waals surface area contributed by atoms with E-state index in [0.29, 0.717) is 17.2 Å². The zero-order valence-electron chi connectivity index (χ0n) is 11.0. The number of rotatable bonds is 4. The van der Waals surface area contributed by atoms with Gasteiger partial charge in [0.15, 0.2) is 0 Å². The number of nitrogens with two attached hydrogens (primary N) is 1. The third kappa shape index (κ3) is 3.29. The maximum absolute atomic E-state index is 6.07. The average Bonchev–Trinajstić information content (AvgIpc) is 2.35. The number of anilines is 1. The summed E-state index contributed by atoms with van der Waals surface area (Å²) in [6, 6.07) is 5.66. The van der Waals surface area contributed by atoms with Crippen LogP contribution in [0, 0.1) is 0 Å². The van der Waals surface area contributed by atoms with Crippen molar-refractivity contribution in [3.63, 3.8) is 0 Å². The molecule has 1 saturated heterocycles. The summed E-state index contributed by atoms with van der Waals surface area (Å²) in [6.45, 7) is 5.47. The lowest BCUT2D eigenvalue weighted by molar-refractivity contribution is 0.0258. The molecule has 1 aromatic carbocycles. The van der Waals surface area contributed by atoms with Gasteiger partial charge in [0.1, 0.15) is 23.3 Å². The molecule has 0 unspecified atom stereocenters. The van der Waals surface area contributed by atoms with E-state index in [4.69, 9.17) is 19.9 Å². The van der Waals surface area contributed by atoms with Crippen molar-refractivity contribution in [3.05, 3.63) is 18.2 Å². The maximum atomic E-state index is 6.07. The first-order valence-corrected chi connectivity index (χ1v) is 6.46. The van der Waals surface area contributed by atoms with Gasteiger partial charge in [0.2, 0.25) is 0 Å². The molecule has 2 N–H and O–H groups in total. The van der Waals surface area contributed by atoms with Gasteiger partial charge in [0, 0.05) is 12.8 Å². The van der Waals surface area contributed by atoms with Gasteiger partial charge < -0.3 is 19.9 Å². The molecule has 0 radical (unpaired) electrons. The molecule has 0 amide bonds. The summed E-state index contributed by atoms with van der Waals surface area (Å²) in [5.74, 6) is 1.40. The van der Waals surface area contributed by atoms with Crippen molar-refractivity contribution < 1.29 is 14.2 Å². The number of nitrogen functional groups attached to an aromatic ring is 1. The molecular weight excluding hydrogens is 230 g/mol. The summed E-state index contributed by atoms with van der Waals surface area (Å²) in [4.78, 5) is 0. The smallest absolute Gasteiger partial charge is 0.146 e. The normalized spacial score (nSPS) is 16.8. The van der Waals surface area contributed by atoms with Crippen molar-refractivity contribution >= 4 is 5.69 Å². The van der Waals surface area contributed by atoms with Crippen LogP contribution in [-0.4, -0.2) is 25.4 Å². The highest BCUT2D eigenvalue weighted by atomic mass is 16.5. The fraction of sp³-hybridized carbons (Fsp3) is 0.571. The van der Waals surface area contributed by atoms with Crippen molar-refractivity contribution in [2.45, 2.75) is 38.9 Å². The summed E-state index contributed by atoms with van der Waals surface area (Å²) < 4.78 is 16.9. The van der Waals surface area contributed by atoms with Gasteiger partial charge in [0.05, 0.1) is 19.3 Å². The van der Waals surface area contributed by atoms with Crippen molar-refractivity contribution in [1.29, 1.82) is 0 Å². The molecule has 1 fully saturated rings. The molecule has 0 bridgehead atoms. The first kappa shape index (κ1) is 13.0. The number of ether oxygens (including phenoxy) is 3. The fourth-order valence-corrected chi connectivity index (χ4v) is 1.96. The molecule has 1 heterocycles. The Morgan fingerprint density at radius 1 is 1.22 bits per heavy atom. The van der Waals surface area contributed by atoms with E-state index >= 15 is 0 Å². The Hall–Kier alpha value is -1.42. The molecule has 2 rings (SSSR count). The molecule has 4 nitrogen and oxygen atoms in total. The number of hydrogen-bond acceptors (Lipinski definition) is 4. The monoisotopic (exact) mass is 251 g/mol. The van der Waals surface area contributed by atoms with Crippen molar-refractivity contribution in [2.24, 2.45) is 0 Å². The zero-order valence-corrected chi connectivity index (χ0v) is 11.0.